The molecule has 5 heteroatoms. The molecule has 2 nitrogen and oxygen atoms in total. The summed E-state index contributed by atoms with van der Waals surface area (Å²) in [6.45, 7) is 1.35. The number of benzene rings is 1. The highest BCUT2D eigenvalue weighted by atomic mass is 19.4. The van der Waals surface area contributed by atoms with Gasteiger partial charge in [0, 0.05) is 5.69 Å². The van der Waals surface area contributed by atoms with Crippen LogP contribution in [0.2, 0.25) is 0 Å². The minimum Gasteiger partial charge on any atom is -0.329 e. The van der Waals surface area contributed by atoms with Gasteiger partial charge in [0.15, 0.2) is 0 Å². The molecular weight excluding hydrogens is 195 g/mol. The number of carbonyl (C=O) groups is 1. The van der Waals surface area contributed by atoms with Crippen LogP contribution >= 0.6 is 0 Å². The van der Waals surface area contributed by atoms with Crippen molar-refractivity contribution in [3.63, 3.8) is 0 Å². The Kier molecular flexibility index (Phi) is 2.78. The van der Waals surface area contributed by atoms with Crippen molar-refractivity contribution < 1.29 is 18.0 Å². The first kappa shape index (κ1) is 10.6. The molecule has 1 aromatic rings. The maximum Gasteiger partial charge on any atom is 0.416 e. The summed E-state index contributed by atoms with van der Waals surface area (Å²) in [6, 6.07) is 3.43. The third-order valence-electron chi connectivity index (χ3n) is 1.76. The summed E-state index contributed by atoms with van der Waals surface area (Å²) in [5.74, 6) is 0. The van der Waals surface area contributed by atoms with Crippen molar-refractivity contribution in [3.05, 3.63) is 29.3 Å². The molecule has 0 radical (unpaired) electrons. The Hall–Kier alpha value is -1.52. The van der Waals surface area contributed by atoms with Crippen LogP contribution in [0.5, 0.6) is 0 Å². The number of carbonyl (C=O) groups excluding carboxylic acids is 1. The average molecular weight is 203 g/mol. The number of alkyl halides is 3. The van der Waals surface area contributed by atoms with Crippen LogP contribution in [-0.2, 0) is 11.0 Å². The van der Waals surface area contributed by atoms with Gasteiger partial charge in [0.1, 0.15) is 0 Å². The van der Waals surface area contributed by atoms with Crippen LogP contribution in [0.1, 0.15) is 11.1 Å². The largest absolute Gasteiger partial charge is 0.416 e. The molecule has 1 aromatic carbocycles. The number of aryl methyl sites for hydroxylation is 1. The van der Waals surface area contributed by atoms with Gasteiger partial charge in [-0.3, -0.25) is 4.79 Å². The summed E-state index contributed by atoms with van der Waals surface area (Å²) in [6.07, 6.45) is -3.92. The molecule has 0 heterocycles. The molecule has 0 bridgehead atoms. The van der Waals surface area contributed by atoms with Crippen molar-refractivity contribution in [2.24, 2.45) is 0 Å². The quantitative estimate of drug-likeness (QED) is 0.735. The molecule has 0 atom stereocenters. The number of amides is 1. The molecule has 14 heavy (non-hydrogen) atoms. The lowest BCUT2D eigenvalue weighted by Crippen LogP contribution is -2.07. The van der Waals surface area contributed by atoms with Crippen LogP contribution in [0.15, 0.2) is 18.2 Å². The van der Waals surface area contributed by atoms with Crippen molar-refractivity contribution in [1.82, 2.24) is 0 Å². The maximum absolute atomic E-state index is 12.3. The van der Waals surface area contributed by atoms with Gasteiger partial charge in [-0.05, 0) is 30.7 Å². The average Bonchev–Trinajstić information content (AvgIpc) is 2.02. The summed E-state index contributed by atoms with van der Waals surface area (Å²) < 4.78 is 36.8. The minimum absolute atomic E-state index is 0.0874. The Morgan fingerprint density at radius 2 is 2.00 bits per heavy atom. The van der Waals surface area contributed by atoms with Crippen molar-refractivity contribution in [2.75, 3.05) is 5.32 Å². The fourth-order valence-electron chi connectivity index (χ4n) is 1.14. The van der Waals surface area contributed by atoms with E-state index in [2.05, 4.69) is 5.32 Å². The second-order valence-corrected chi connectivity index (χ2v) is 2.79. The van der Waals surface area contributed by atoms with Gasteiger partial charge >= 0.3 is 6.18 Å². The van der Waals surface area contributed by atoms with Crippen LogP contribution in [0.3, 0.4) is 0 Å². The summed E-state index contributed by atoms with van der Waals surface area (Å²) in [7, 11) is 0. The first-order valence-corrected chi connectivity index (χ1v) is 3.83. The smallest absolute Gasteiger partial charge is 0.329 e. The summed E-state index contributed by atoms with van der Waals surface area (Å²) in [5.41, 5.74) is -0.246. The first-order valence-electron chi connectivity index (χ1n) is 3.83. The van der Waals surface area contributed by atoms with Gasteiger partial charge in [-0.25, -0.2) is 0 Å². The first-order chi connectivity index (χ1) is 6.45. The van der Waals surface area contributed by atoms with Crippen molar-refractivity contribution in [2.45, 2.75) is 13.1 Å². The third kappa shape index (κ3) is 2.25. The maximum atomic E-state index is 12.3. The Morgan fingerprint density at radius 3 is 2.43 bits per heavy atom. The van der Waals surface area contributed by atoms with Gasteiger partial charge in [0.2, 0.25) is 6.41 Å². The second kappa shape index (κ2) is 3.69. The van der Waals surface area contributed by atoms with Gasteiger partial charge in [0.25, 0.3) is 0 Å². The molecule has 0 aliphatic rings. The fraction of sp³-hybridized carbons (Fsp3) is 0.222. The van der Waals surface area contributed by atoms with Gasteiger partial charge in [-0.2, -0.15) is 13.2 Å². The van der Waals surface area contributed by atoms with Crippen LogP contribution in [-0.4, -0.2) is 6.41 Å². The van der Waals surface area contributed by atoms with Crippen LogP contribution < -0.4 is 5.32 Å². The lowest BCUT2D eigenvalue weighted by atomic mass is 10.1. The Morgan fingerprint density at radius 1 is 1.36 bits per heavy atom. The van der Waals surface area contributed by atoms with E-state index in [1.54, 1.807) is 0 Å². The minimum atomic E-state index is -4.34. The SMILES string of the molecule is Cc1cc(NC=O)ccc1C(F)(F)F. The number of hydrogen-bond acceptors (Lipinski definition) is 1. The topological polar surface area (TPSA) is 29.1 Å². The van der Waals surface area contributed by atoms with Gasteiger partial charge < -0.3 is 5.32 Å². The number of nitrogens with one attached hydrogen (secondary N) is 1. The number of anilines is 1. The molecule has 1 rings (SSSR count). The normalized spacial score (nSPS) is 11.1. The van der Waals surface area contributed by atoms with Crippen LogP contribution in [0.4, 0.5) is 18.9 Å². The summed E-state index contributed by atoms with van der Waals surface area (Å²) in [4.78, 5) is 10.0. The van der Waals surface area contributed by atoms with E-state index >= 15 is 0 Å². The van der Waals surface area contributed by atoms with E-state index in [1.807, 2.05) is 0 Å². The van der Waals surface area contributed by atoms with Gasteiger partial charge in [-0.15, -0.1) is 0 Å². The lowest BCUT2D eigenvalue weighted by molar-refractivity contribution is -0.138. The number of hydrogen-bond donors (Lipinski definition) is 1. The predicted octanol–water partition coefficient (Wildman–Crippen LogP) is 2.58. The molecule has 1 amide bonds. The zero-order valence-electron chi connectivity index (χ0n) is 7.35. The molecule has 0 saturated heterocycles. The highest BCUT2D eigenvalue weighted by Crippen LogP contribution is 2.32. The highest BCUT2D eigenvalue weighted by molar-refractivity contribution is 5.71. The summed E-state index contributed by atoms with van der Waals surface area (Å²) >= 11 is 0. The molecule has 0 aromatic heterocycles. The van der Waals surface area contributed by atoms with E-state index in [4.69, 9.17) is 0 Å². The number of rotatable bonds is 2. The van der Waals surface area contributed by atoms with E-state index in [1.165, 1.54) is 19.1 Å². The van der Waals surface area contributed by atoms with E-state index in [-0.39, 0.29) is 5.56 Å². The predicted molar refractivity (Wildman–Crippen MR) is 45.9 cm³/mol. The third-order valence-corrected chi connectivity index (χ3v) is 1.76. The van der Waals surface area contributed by atoms with E-state index in [9.17, 15) is 18.0 Å². The van der Waals surface area contributed by atoms with Gasteiger partial charge in [0.05, 0.1) is 5.56 Å². The molecule has 1 N–H and O–H groups in total. The molecule has 76 valence electrons. The van der Waals surface area contributed by atoms with Crippen LogP contribution in [0, 0.1) is 6.92 Å². The zero-order chi connectivity index (χ0) is 10.8. The zero-order valence-corrected chi connectivity index (χ0v) is 7.35. The van der Waals surface area contributed by atoms with E-state index in [0.717, 1.165) is 6.07 Å². The fourth-order valence-corrected chi connectivity index (χ4v) is 1.14. The molecule has 0 aliphatic carbocycles. The molecule has 0 spiro atoms. The number of halogens is 3. The van der Waals surface area contributed by atoms with Gasteiger partial charge in [-0.1, -0.05) is 0 Å². The highest BCUT2D eigenvalue weighted by Gasteiger charge is 2.31. The Balaban J connectivity index is 3.07. The van der Waals surface area contributed by atoms with E-state index < -0.39 is 11.7 Å². The standard InChI is InChI=1S/C9H8F3NO/c1-6-4-7(13-5-14)2-3-8(6)9(10,11)12/h2-5H,1H3,(H,13,14). The Labute approximate surface area is 78.7 Å². The van der Waals surface area contributed by atoms with Crippen molar-refractivity contribution in [3.8, 4) is 0 Å². The second-order valence-electron chi connectivity index (χ2n) is 2.79. The molecular formula is C9H8F3NO. The molecule has 0 fully saturated rings. The Bertz CT molecular complexity index is 346. The molecule has 0 unspecified atom stereocenters. The van der Waals surface area contributed by atoms with Crippen molar-refractivity contribution >= 4 is 12.1 Å². The molecule has 0 aliphatic heterocycles. The molecule has 0 saturated carbocycles. The van der Waals surface area contributed by atoms with Crippen LogP contribution in [0.25, 0.3) is 0 Å². The summed E-state index contributed by atoms with van der Waals surface area (Å²) in [5, 5.41) is 2.28. The van der Waals surface area contributed by atoms with Crippen molar-refractivity contribution in [1.29, 1.82) is 0 Å². The monoisotopic (exact) mass is 203 g/mol. The lowest BCUT2D eigenvalue weighted by Gasteiger charge is -2.10. The van der Waals surface area contributed by atoms with E-state index in [0.29, 0.717) is 12.1 Å².